The highest BCUT2D eigenvalue weighted by Gasteiger charge is 2.30. The normalized spacial score (nSPS) is 23.8. The van der Waals surface area contributed by atoms with Gasteiger partial charge in [-0.2, -0.15) is 0 Å². The molecule has 0 radical (unpaired) electrons. The van der Waals surface area contributed by atoms with E-state index >= 15 is 0 Å². The van der Waals surface area contributed by atoms with Gasteiger partial charge in [0, 0.05) is 12.6 Å². The minimum absolute atomic E-state index is 0.000447. The zero-order valence-corrected chi connectivity index (χ0v) is 10.2. The molecule has 0 aromatic heterocycles. The Labute approximate surface area is 106 Å². The highest BCUT2D eigenvalue weighted by molar-refractivity contribution is 5.71. The maximum absolute atomic E-state index is 13.0. The van der Waals surface area contributed by atoms with Gasteiger partial charge >= 0.3 is 5.97 Å². The highest BCUT2D eigenvalue weighted by Crippen LogP contribution is 2.25. The van der Waals surface area contributed by atoms with Crippen LogP contribution in [0, 0.1) is 11.7 Å². The first-order valence-electron chi connectivity index (χ1n) is 6.37. The molecule has 1 aliphatic carbocycles. The number of carbonyl (C=O) groups is 1. The van der Waals surface area contributed by atoms with Gasteiger partial charge in [-0.05, 0) is 30.5 Å². The van der Waals surface area contributed by atoms with Crippen molar-refractivity contribution in [3.8, 4) is 0 Å². The Bertz CT molecular complexity index is 422. The van der Waals surface area contributed by atoms with E-state index in [0.717, 1.165) is 31.2 Å². The van der Waals surface area contributed by atoms with Crippen molar-refractivity contribution in [2.24, 2.45) is 5.92 Å². The number of benzene rings is 1. The number of nitrogens with one attached hydrogen (secondary N) is 1. The summed E-state index contributed by atoms with van der Waals surface area (Å²) >= 11 is 0. The molecule has 0 spiro atoms. The van der Waals surface area contributed by atoms with Gasteiger partial charge in [0.1, 0.15) is 5.82 Å². The van der Waals surface area contributed by atoms with Crippen molar-refractivity contribution in [3.63, 3.8) is 0 Å². The number of hydrogen-bond acceptors (Lipinski definition) is 2. The summed E-state index contributed by atoms with van der Waals surface area (Å²) in [7, 11) is 0. The molecule has 2 rings (SSSR count). The van der Waals surface area contributed by atoms with E-state index in [0.29, 0.717) is 6.54 Å². The lowest BCUT2D eigenvalue weighted by molar-refractivity contribution is -0.143. The number of carboxylic acids is 1. The third-order valence-corrected chi connectivity index (χ3v) is 3.54. The molecular weight excluding hydrogens is 233 g/mol. The molecule has 2 atom stereocenters. The third kappa shape index (κ3) is 3.29. The lowest BCUT2D eigenvalue weighted by atomic mass is 9.84. The van der Waals surface area contributed by atoms with Gasteiger partial charge in [-0.3, -0.25) is 4.79 Å². The predicted molar refractivity (Wildman–Crippen MR) is 66.6 cm³/mol. The summed E-state index contributed by atoms with van der Waals surface area (Å²) in [5, 5.41) is 12.4. The topological polar surface area (TPSA) is 49.3 Å². The summed E-state index contributed by atoms with van der Waals surface area (Å²) in [4.78, 5) is 11.1. The van der Waals surface area contributed by atoms with Crippen molar-refractivity contribution in [2.45, 2.75) is 38.3 Å². The van der Waals surface area contributed by atoms with E-state index < -0.39 is 5.97 Å². The maximum Gasteiger partial charge on any atom is 0.308 e. The average molecular weight is 251 g/mol. The lowest BCUT2D eigenvalue weighted by Crippen LogP contribution is -2.41. The Morgan fingerprint density at radius 2 is 2.17 bits per heavy atom. The van der Waals surface area contributed by atoms with Crippen LogP contribution in [0.15, 0.2) is 24.3 Å². The summed E-state index contributed by atoms with van der Waals surface area (Å²) < 4.78 is 13.0. The van der Waals surface area contributed by atoms with Crippen LogP contribution in [0.4, 0.5) is 4.39 Å². The quantitative estimate of drug-likeness (QED) is 0.864. The fourth-order valence-electron chi connectivity index (χ4n) is 2.57. The van der Waals surface area contributed by atoms with Gasteiger partial charge in [-0.15, -0.1) is 0 Å². The number of aliphatic carboxylic acids is 1. The van der Waals surface area contributed by atoms with Gasteiger partial charge in [0.15, 0.2) is 0 Å². The monoisotopic (exact) mass is 251 g/mol. The highest BCUT2D eigenvalue weighted by atomic mass is 19.1. The SMILES string of the molecule is O=C(O)[C@@H]1CCCC[C@@H]1NCc1cccc(F)c1. The number of carboxylic acid groups (broad SMARTS) is 1. The average Bonchev–Trinajstić information content (AvgIpc) is 2.37. The lowest BCUT2D eigenvalue weighted by Gasteiger charge is -2.29. The van der Waals surface area contributed by atoms with Crippen molar-refractivity contribution in [1.82, 2.24) is 5.32 Å². The summed E-state index contributed by atoms with van der Waals surface area (Å²) in [6.07, 6.45) is 3.65. The molecular formula is C14H18FNO2. The van der Waals surface area contributed by atoms with Gasteiger partial charge in [-0.25, -0.2) is 4.39 Å². The third-order valence-electron chi connectivity index (χ3n) is 3.54. The summed E-state index contributed by atoms with van der Waals surface area (Å²) in [6.45, 7) is 0.520. The first-order valence-corrected chi connectivity index (χ1v) is 6.37. The van der Waals surface area contributed by atoms with Crippen molar-refractivity contribution < 1.29 is 14.3 Å². The van der Waals surface area contributed by atoms with Crippen LogP contribution in [0.1, 0.15) is 31.2 Å². The first kappa shape index (κ1) is 13.0. The predicted octanol–water partition coefficient (Wildman–Crippen LogP) is 2.56. The molecule has 98 valence electrons. The first-order chi connectivity index (χ1) is 8.66. The van der Waals surface area contributed by atoms with E-state index in [4.69, 9.17) is 5.11 Å². The van der Waals surface area contributed by atoms with Crippen LogP contribution < -0.4 is 5.32 Å². The molecule has 1 saturated carbocycles. The zero-order chi connectivity index (χ0) is 13.0. The van der Waals surface area contributed by atoms with Crippen molar-refractivity contribution in [2.75, 3.05) is 0 Å². The zero-order valence-electron chi connectivity index (χ0n) is 10.2. The van der Waals surface area contributed by atoms with Gasteiger partial charge in [0.25, 0.3) is 0 Å². The molecule has 1 fully saturated rings. The van der Waals surface area contributed by atoms with E-state index in [1.165, 1.54) is 12.1 Å². The van der Waals surface area contributed by atoms with Gasteiger partial charge < -0.3 is 10.4 Å². The van der Waals surface area contributed by atoms with Crippen molar-refractivity contribution in [3.05, 3.63) is 35.6 Å². The maximum atomic E-state index is 13.0. The second-order valence-corrected chi connectivity index (χ2v) is 4.85. The summed E-state index contributed by atoms with van der Waals surface area (Å²) in [6, 6.07) is 6.39. The fraction of sp³-hybridized carbons (Fsp3) is 0.500. The Hall–Kier alpha value is -1.42. The molecule has 0 amide bonds. The number of halogens is 1. The van der Waals surface area contributed by atoms with Crippen molar-refractivity contribution in [1.29, 1.82) is 0 Å². The van der Waals surface area contributed by atoms with Gasteiger partial charge in [-0.1, -0.05) is 25.0 Å². The molecule has 18 heavy (non-hydrogen) atoms. The summed E-state index contributed by atoms with van der Waals surface area (Å²) in [5.41, 5.74) is 0.852. The number of rotatable bonds is 4. The van der Waals surface area contributed by atoms with Gasteiger partial charge in [0.2, 0.25) is 0 Å². The Balaban J connectivity index is 1.93. The van der Waals surface area contributed by atoms with E-state index in [1.807, 2.05) is 6.07 Å². The van der Waals surface area contributed by atoms with Crippen LogP contribution >= 0.6 is 0 Å². The molecule has 1 aromatic rings. The van der Waals surface area contributed by atoms with Crippen LogP contribution in [0.2, 0.25) is 0 Å². The summed E-state index contributed by atoms with van der Waals surface area (Å²) in [5.74, 6) is -1.30. The van der Waals surface area contributed by atoms with Crippen LogP contribution in [0.5, 0.6) is 0 Å². The molecule has 2 N–H and O–H groups in total. The van der Waals surface area contributed by atoms with Crippen LogP contribution in [0.3, 0.4) is 0 Å². The minimum atomic E-state index is -0.730. The fourth-order valence-corrected chi connectivity index (χ4v) is 2.57. The molecule has 0 heterocycles. The largest absolute Gasteiger partial charge is 0.481 e. The smallest absolute Gasteiger partial charge is 0.308 e. The molecule has 0 bridgehead atoms. The Morgan fingerprint density at radius 3 is 2.89 bits per heavy atom. The Morgan fingerprint density at radius 1 is 1.39 bits per heavy atom. The standard InChI is InChI=1S/C14H18FNO2/c15-11-5-3-4-10(8-11)9-16-13-7-2-1-6-12(13)14(17)18/h3-5,8,12-13,16H,1-2,6-7,9H2,(H,17,18)/t12-,13+/m1/s1. The molecule has 0 unspecified atom stereocenters. The van der Waals surface area contributed by atoms with Crippen LogP contribution in [0.25, 0.3) is 0 Å². The van der Waals surface area contributed by atoms with E-state index in [1.54, 1.807) is 6.07 Å². The van der Waals surface area contributed by atoms with E-state index in [9.17, 15) is 9.18 Å². The Kier molecular flexibility index (Phi) is 4.31. The molecule has 3 nitrogen and oxygen atoms in total. The van der Waals surface area contributed by atoms with Crippen molar-refractivity contribution >= 4 is 5.97 Å². The second-order valence-electron chi connectivity index (χ2n) is 4.85. The number of hydrogen-bond donors (Lipinski definition) is 2. The van der Waals surface area contributed by atoms with E-state index in [2.05, 4.69) is 5.32 Å². The molecule has 1 aliphatic rings. The van der Waals surface area contributed by atoms with E-state index in [-0.39, 0.29) is 17.8 Å². The molecule has 4 heteroatoms. The second kappa shape index (κ2) is 5.96. The molecule has 0 saturated heterocycles. The van der Waals surface area contributed by atoms with Crippen LogP contribution in [-0.4, -0.2) is 17.1 Å². The van der Waals surface area contributed by atoms with Gasteiger partial charge in [0.05, 0.1) is 5.92 Å². The molecule has 1 aromatic carbocycles. The minimum Gasteiger partial charge on any atom is -0.481 e. The van der Waals surface area contributed by atoms with Crippen LogP contribution in [-0.2, 0) is 11.3 Å². The molecule has 0 aliphatic heterocycles.